The van der Waals surface area contributed by atoms with Crippen LogP contribution in [0.4, 0.5) is 0 Å². The zero-order chi connectivity index (χ0) is 21.3. The molecule has 0 spiro atoms. The van der Waals surface area contributed by atoms with Crippen molar-refractivity contribution < 1.29 is 9.59 Å². The Bertz CT molecular complexity index is 1080. The number of carbonyl (C=O) groups is 2. The van der Waals surface area contributed by atoms with E-state index in [0.717, 1.165) is 34.1 Å². The number of hydrogen-bond acceptors (Lipinski definition) is 2. The highest BCUT2D eigenvalue weighted by Gasteiger charge is 2.25. The number of amides is 1. The fourth-order valence-corrected chi connectivity index (χ4v) is 3.89. The third-order valence-electron chi connectivity index (χ3n) is 5.12. The van der Waals surface area contributed by atoms with Gasteiger partial charge in [-0.15, -0.1) is 0 Å². The molecule has 1 heterocycles. The molecule has 0 fully saturated rings. The highest BCUT2D eigenvalue weighted by atomic mass is 35.5. The summed E-state index contributed by atoms with van der Waals surface area (Å²) in [7, 11) is 0. The minimum atomic E-state index is -0.487. The fraction of sp³-hybridized carbons (Fsp3) is 0.333. The molecular formula is C24H27ClN2O2. The number of nitrogens with two attached hydrogens (primary N) is 1. The summed E-state index contributed by atoms with van der Waals surface area (Å²) < 4.78 is 2.12. The number of rotatable bonds is 7. The van der Waals surface area contributed by atoms with Crippen LogP contribution < -0.4 is 5.73 Å². The number of nitrogens with zero attached hydrogens (tertiary/aromatic N) is 1. The third-order valence-corrected chi connectivity index (χ3v) is 5.48. The minimum absolute atomic E-state index is 0.107. The van der Waals surface area contributed by atoms with Crippen LogP contribution in [0.2, 0.25) is 5.02 Å². The van der Waals surface area contributed by atoms with Gasteiger partial charge in [0, 0.05) is 39.7 Å². The van der Waals surface area contributed by atoms with Gasteiger partial charge in [0.2, 0.25) is 5.91 Å². The van der Waals surface area contributed by atoms with E-state index >= 15 is 0 Å². The molecule has 1 aromatic heterocycles. The molecule has 3 rings (SSSR count). The maximum atomic E-state index is 13.2. The van der Waals surface area contributed by atoms with Crippen LogP contribution in [0.15, 0.2) is 42.5 Å². The van der Waals surface area contributed by atoms with Crippen LogP contribution in [0.3, 0.4) is 0 Å². The standard InChI is InChI=1S/C24H27ClN2O2/c1-14(2)11-21-22(23(28)15(3)4)18-10-9-16(24(26)29)12-20(18)27(21)13-17-7-5-6-8-19(17)25/h5-10,12,14-15H,11,13H2,1-4H3,(H2,26,29). The van der Waals surface area contributed by atoms with Crippen LogP contribution in [0.25, 0.3) is 10.9 Å². The van der Waals surface area contributed by atoms with Crippen LogP contribution >= 0.6 is 11.6 Å². The van der Waals surface area contributed by atoms with Gasteiger partial charge in [-0.1, -0.05) is 63.6 Å². The van der Waals surface area contributed by atoms with Gasteiger partial charge in [0.25, 0.3) is 0 Å². The van der Waals surface area contributed by atoms with E-state index < -0.39 is 5.91 Å². The maximum absolute atomic E-state index is 13.2. The van der Waals surface area contributed by atoms with E-state index in [-0.39, 0.29) is 11.7 Å². The molecular weight excluding hydrogens is 384 g/mol. The van der Waals surface area contributed by atoms with Gasteiger partial charge < -0.3 is 10.3 Å². The summed E-state index contributed by atoms with van der Waals surface area (Å²) in [5.74, 6) is -0.148. The Morgan fingerprint density at radius 2 is 1.76 bits per heavy atom. The molecule has 0 bridgehead atoms. The normalized spacial score (nSPS) is 11.6. The van der Waals surface area contributed by atoms with Crippen molar-refractivity contribution in [1.82, 2.24) is 4.57 Å². The number of halogens is 1. The van der Waals surface area contributed by atoms with E-state index in [9.17, 15) is 9.59 Å². The number of primary amides is 1. The Morgan fingerprint density at radius 1 is 1.07 bits per heavy atom. The molecule has 29 heavy (non-hydrogen) atoms. The summed E-state index contributed by atoms with van der Waals surface area (Å²) in [6, 6.07) is 13.0. The highest BCUT2D eigenvalue weighted by molar-refractivity contribution is 6.31. The second kappa shape index (κ2) is 8.42. The number of carbonyl (C=O) groups excluding carboxylic acids is 2. The highest BCUT2D eigenvalue weighted by Crippen LogP contribution is 2.32. The largest absolute Gasteiger partial charge is 0.366 e. The maximum Gasteiger partial charge on any atom is 0.248 e. The Balaban J connectivity index is 2.35. The van der Waals surface area contributed by atoms with E-state index in [4.69, 9.17) is 17.3 Å². The predicted octanol–water partition coefficient (Wildman–Crippen LogP) is 5.48. The fourth-order valence-electron chi connectivity index (χ4n) is 3.70. The van der Waals surface area contributed by atoms with Crippen molar-refractivity contribution in [3.05, 3.63) is 69.9 Å². The SMILES string of the molecule is CC(C)Cc1c(C(=O)C(C)C)c2ccc(C(N)=O)cc2n1Cc1ccccc1Cl. The van der Waals surface area contributed by atoms with E-state index in [0.29, 0.717) is 23.0 Å². The average molecular weight is 411 g/mol. The average Bonchev–Trinajstić information content (AvgIpc) is 2.94. The zero-order valence-corrected chi connectivity index (χ0v) is 18.1. The second-order valence-electron chi connectivity index (χ2n) is 8.21. The zero-order valence-electron chi connectivity index (χ0n) is 17.3. The second-order valence-corrected chi connectivity index (χ2v) is 8.62. The molecule has 0 unspecified atom stereocenters. The van der Waals surface area contributed by atoms with E-state index in [1.807, 2.05) is 44.2 Å². The summed E-state index contributed by atoms with van der Waals surface area (Å²) in [5, 5.41) is 1.53. The monoisotopic (exact) mass is 410 g/mol. The van der Waals surface area contributed by atoms with Crippen molar-refractivity contribution in [2.45, 2.75) is 40.7 Å². The molecule has 0 atom stereocenters. The van der Waals surface area contributed by atoms with Crippen molar-refractivity contribution in [3.8, 4) is 0 Å². The van der Waals surface area contributed by atoms with Crippen LogP contribution in [-0.2, 0) is 13.0 Å². The van der Waals surface area contributed by atoms with Gasteiger partial charge in [-0.05, 0) is 36.1 Å². The van der Waals surface area contributed by atoms with E-state index in [2.05, 4.69) is 18.4 Å². The minimum Gasteiger partial charge on any atom is -0.366 e. The lowest BCUT2D eigenvalue weighted by molar-refractivity contribution is 0.0938. The number of ketones is 1. The molecule has 2 N–H and O–H groups in total. The molecule has 2 aromatic carbocycles. The molecule has 0 aliphatic carbocycles. The van der Waals surface area contributed by atoms with Crippen molar-refractivity contribution in [2.24, 2.45) is 17.6 Å². The van der Waals surface area contributed by atoms with Gasteiger partial charge in [-0.3, -0.25) is 9.59 Å². The molecule has 0 radical (unpaired) electrons. The van der Waals surface area contributed by atoms with Crippen LogP contribution in [0, 0.1) is 11.8 Å². The first-order valence-electron chi connectivity index (χ1n) is 9.93. The van der Waals surface area contributed by atoms with Crippen molar-refractivity contribution in [3.63, 3.8) is 0 Å². The van der Waals surface area contributed by atoms with E-state index in [1.54, 1.807) is 12.1 Å². The summed E-state index contributed by atoms with van der Waals surface area (Å²) >= 11 is 6.43. The molecule has 4 nitrogen and oxygen atoms in total. The van der Waals surface area contributed by atoms with Crippen LogP contribution in [0.1, 0.15) is 59.7 Å². The third kappa shape index (κ3) is 4.23. The first-order valence-corrected chi connectivity index (χ1v) is 10.3. The molecule has 5 heteroatoms. The Morgan fingerprint density at radius 3 is 2.34 bits per heavy atom. The molecule has 0 saturated carbocycles. The molecule has 152 valence electrons. The summed E-state index contributed by atoms with van der Waals surface area (Å²) in [5.41, 5.74) is 9.48. The van der Waals surface area contributed by atoms with E-state index in [1.165, 1.54) is 0 Å². The molecule has 0 aliphatic heterocycles. The van der Waals surface area contributed by atoms with Gasteiger partial charge in [0.1, 0.15) is 0 Å². The van der Waals surface area contributed by atoms with Gasteiger partial charge in [-0.2, -0.15) is 0 Å². The smallest absolute Gasteiger partial charge is 0.248 e. The lowest BCUT2D eigenvalue weighted by Crippen LogP contribution is -2.14. The quantitative estimate of drug-likeness (QED) is 0.524. The summed E-state index contributed by atoms with van der Waals surface area (Å²) in [4.78, 5) is 25.0. The lowest BCUT2D eigenvalue weighted by atomic mass is 9.94. The summed E-state index contributed by atoms with van der Waals surface area (Å²) in [6.45, 7) is 8.62. The van der Waals surface area contributed by atoms with Crippen LogP contribution in [-0.4, -0.2) is 16.3 Å². The van der Waals surface area contributed by atoms with Crippen molar-refractivity contribution >= 4 is 34.2 Å². The molecule has 3 aromatic rings. The Labute approximate surface area is 176 Å². The van der Waals surface area contributed by atoms with Crippen molar-refractivity contribution in [1.29, 1.82) is 0 Å². The molecule has 1 amide bonds. The topological polar surface area (TPSA) is 65.1 Å². The Kier molecular flexibility index (Phi) is 6.13. The number of fused-ring (bicyclic) bond motifs is 1. The first kappa shape index (κ1) is 21.1. The first-order chi connectivity index (χ1) is 13.7. The summed E-state index contributed by atoms with van der Waals surface area (Å²) in [6.07, 6.45) is 0.749. The predicted molar refractivity (Wildman–Crippen MR) is 119 cm³/mol. The number of benzene rings is 2. The van der Waals surface area contributed by atoms with Gasteiger partial charge in [-0.25, -0.2) is 0 Å². The molecule has 0 aliphatic rings. The van der Waals surface area contributed by atoms with Gasteiger partial charge in [0.05, 0.1) is 5.52 Å². The molecule has 0 saturated heterocycles. The van der Waals surface area contributed by atoms with Crippen molar-refractivity contribution in [2.75, 3.05) is 0 Å². The van der Waals surface area contributed by atoms with Gasteiger partial charge >= 0.3 is 0 Å². The lowest BCUT2D eigenvalue weighted by Gasteiger charge is -2.15. The Hall–Kier alpha value is -2.59. The number of Topliss-reactive ketones (excluding diaryl/α,β-unsaturated/α-hetero) is 1. The number of aromatic nitrogens is 1. The van der Waals surface area contributed by atoms with Gasteiger partial charge in [0.15, 0.2) is 5.78 Å². The number of hydrogen-bond donors (Lipinski definition) is 1. The van der Waals surface area contributed by atoms with Crippen LogP contribution in [0.5, 0.6) is 0 Å².